The van der Waals surface area contributed by atoms with E-state index in [0.717, 1.165) is 0 Å². The summed E-state index contributed by atoms with van der Waals surface area (Å²) < 4.78 is 5.50. The van der Waals surface area contributed by atoms with E-state index in [9.17, 15) is 30.1 Å². The average Bonchev–Trinajstić information content (AvgIpc) is 2.66. The normalized spacial score (nSPS) is 11.8. The molecule has 1 N–H and O–H groups in total. The van der Waals surface area contributed by atoms with Crippen LogP contribution in [-0.4, -0.2) is 52.1 Å². The van der Waals surface area contributed by atoms with Gasteiger partial charge in [-0.15, -0.1) is 0 Å². The number of nitro benzene ring substituents is 2. The molecule has 0 aliphatic carbocycles. The molecular weight excluding hydrogens is 370 g/mol. The van der Waals surface area contributed by atoms with Gasteiger partial charge in [0.2, 0.25) is 0 Å². The van der Waals surface area contributed by atoms with Crippen molar-refractivity contribution < 1.29 is 24.5 Å². The maximum Gasteiger partial charge on any atom is 0.321 e. The fourth-order valence-corrected chi connectivity index (χ4v) is 2.54. The zero-order chi connectivity index (χ0) is 20.7. The van der Waals surface area contributed by atoms with Crippen molar-refractivity contribution in [1.82, 2.24) is 4.90 Å². The van der Waals surface area contributed by atoms with Gasteiger partial charge in [-0.1, -0.05) is 12.1 Å². The van der Waals surface area contributed by atoms with Gasteiger partial charge in [0.1, 0.15) is 18.4 Å². The second-order valence-corrected chi connectivity index (χ2v) is 6.06. The summed E-state index contributed by atoms with van der Waals surface area (Å²) in [6.07, 6.45) is 0.182. The number of hydrogen-bond donors (Lipinski definition) is 1. The highest BCUT2D eigenvalue weighted by Crippen LogP contribution is 2.18. The van der Waals surface area contributed by atoms with Crippen molar-refractivity contribution in [2.24, 2.45) is 0 Å². The molecule has 2 aromatic carbocycles. The number of carboxylic acid groups (broad SMARTS) is 1. The summed E-state index contributed by atoms with van der Waals surface area (Å²) in [6.45, 7) is 0.499. The monoisotopic (exact) mass is 389 g/mol. The first kappa shape index (κ1) is 20.8. The van der Waals surface area contributed by atoms with Gasteiger partial charge in [0.05, 0.1) is 9.85 Å². The van der Waals surface area contributed by atoms with Crippen LogP contribution in [0, 0.1) is 20.2 Å². The van der Waals surface area contributed by atoms with Crippen molar-refractivity contribution in [3.8, 4) is 5.75 Å². The largest absolute Gasteiger partial charge is 0.492 e. The summed E-state index contributed by atoms with van der Waals surface area (Å²) in [5.41, 5.74) is 0.570. The third kappa shape index (κ3) is 5.74. The minimum atomic E-state index is -1.02. The predicted molar refractivity (Wildman–Crippen MR) is 99.4 cm³/mol. The molecule has 0 saturated carbocycles. The summed E-state index contributed by atoms with van der Waals surface area (Å²) in [7, 11) is 1.64. The number of nitro groups is 2. The first-order valence-electron chi connectivity index (χ1n) is 8.31. The van der Waals surface area contributed by atoms with Crippen LogP contribution in [0.4, 0.5) is 11.4 Å². The first-order valence-corrected chi connectivity index (χ1v) is 8.31. The number of aliphatic carboxylic acids is 1. The summed E-state index contributed by atoms with van der Waals surface area (Å²) in [4.78, 5) is 33.5. The van der Waals surface area contributed by atoms with Crippen LogP contribution in [0.2, 0.25) is 0 Å². The number of non-ortho nitro benzene ring substituents is 2. The number of carboxylic acids is 1. The molecular formula is C18H19N3O7. The van der Waals surface area contributed by atoms with Gasteiger partial charge >= 0.3 is 5.97 Å². The molecule has 0 bridgehead atoms. The van der Waals surface area contributed by atoms with E-state index >= 15 is 0 Å². The minimum Gasteiger partial charge on any atom is -0.492 e. The summed E-state index contributed by atoms with van der Waals surface area (Å²) in [6, 6.07) is 10.5. The van der Waals surface area contributed by atoms with Gasteiger partial charge < -0.3 is 9.84 Å². The van der Waals surface area contributed by atoms with Crippen molar-refractivity contribution in [3.63, 3.8) is 0 Å². The van der Waals surface area contributed by atoms with Crippen molar-refractivity contribution >= 4 is 17.3 Å². The van der Waals surface area contributed by atoms with E-state index in [1.54, 1.807) is 11.9 Å². The van der Waals surface area contributed by atoms with Crippen LogP contribution in [-0.2, 0) is 11.2 Å². The van der Waals surface area contributed by atoms with Crippen LogP contribution in [0.5, 0.6) is 5.75 Å². The minimum absolute atomic E-state index is 0.0430. The Balaban J connectivity index is 1.91. The topological polar surface area (TPSA) is 136 Å². The van der Waals surface area contributed by atoms with E-state index in [1.807, 2.05) is 0 Å². The third-order valence-corrected chi connectivity index (χ3v) is 4.15. The molecule has 28 heavy (non-hydrogen) atoms. The van der Waals surface area contributed by atoms with Crippen LogP contribution >= 0.6 is 0 Å². The SMILES string of the molecule is CN(CCOc1ccc([N+](=O)[O-])cc1)C(Cc1ccc([N+](=O)[O-])cc1)C(=O)O. The second kappa shape index (κ2) is 9.42. The smallest absolute Gasteiger partial charge is 0.321 e. The highest BCUT2D eigenvalue weighted by Gasteiger charge is 2.23. The molecule has 148 valence electrons. The molecule has 10 heteroatoms. The molecule has 0 aromatic heterocycles. The number of hydrogen-bond acceptors (Lipinski definition) is 7. The van der Waals surface area contributed by atoms with Gasteiger partial charge in [-0.05, 0) is 31.2 Å². The molecule has 10 nitrogen and oxygen atoms in total. The zero-order valence-corrected chi connectivity index (χ0v) is 15.1. The fourth-order valence-electron chi connectivity index (χ4n) is 2.54. The van der Waals surface area contributed by atoms with E-state index < -0.39 is 21.9 Å². The van der Waals surface area contributed by atoms with Crippen molar-refractivity contribution in [1.29, 1.82) is 0 Å². The van der Waals surface area contributed by atoms with Crippen LogP contribution in [0.3, 0.4) is 0 Å². The molecule has 0 spiro atoms. The number of carbonyl (C=O) groups is 1. The molecule has 0 saturated heterocycles. The van der Waals surface area contributed by atoms with Gasteiger partial charge in [-0.3, -0.25) is 29.9 Å². The molecule has 1 unspecified atom stereocenters. The van der Waals surface area contributed by atoms with Crippen molar-refractivity contribution in [3.05, 3.63) is 74.3 Å². The Kier molecular flexibility index (Phi) is 6.99. The highest BCUT2D eigenvalue weighted by molar-refractivity contribution is 5.74. The van der Waals surface area contributed by atoms with Gasteiger partial charge in [0, 0.05) is 30.8 Å². The Bertz CT molecular complexity index is 837. The summed E-state index contributed by atoms with van der Waals surface area (Å²) in [5, 5.41) is 30.8. The van der Waals surface area contributed by atoms with E-state index in [0.29, 0.717) is 17.9 Å². The average molecular weight is 389 g/mol. The molecule has 0 heterocycles. The lowest BCUT2D eigenvalue weighted by atomic mass is 10.0. The number of nitrogens with zero attached hydrogens (tertiary/aromatic N) is 3. The Morgan fingerprint density at radius 3 is 2.00 bits per heavy atom. The van der Waals surface area contributed by atoms with Crippen LogP contribution in [0.25, 0.3) is 0 Å². The van der Waals surface area contributed by atoms with E-state index in [4.69, 9.17) is 4.74 Å². The maximum atomic E-state index is 11.6. The zero-order valence-electron chi connectivity index (χ0n) is 15.1. The lowest BCUT2D eigenvalue weighted by Crippen LogP contribution is -2.42. The second-order valence-electron chi connectivity index (χ2n) is 6.06. The standard InChI is InChI=1S/C18H19N3O7/c1-19(10-11-28-16-8-6-15(7-9-16)21(26)27)17(18(22)23)12-13-2-4-14(5-3-13)20(24)25/h2-9,17H,10-12H2,1H3,(H,22,23). The Morgan fingerprint density at radius 2 is 1.54 bits per heavy atom. The number of ether oxygens (including phenoxy) is 1. The number of benzene rings is 2. The molecule has 1 atom stereocenters. The summed E-state index contributed by atoms with van der Waals surface area (Å²) >= 11 is 0. The number of rotatable bonds is 10. The van der Waals surface area contributed by atoms with Crippen LogP contribution in [0.1, 0.15) is 5.56 Å². The number of likely N-dealkylation sites (N-methyl/N-ethyl adjacent to an activating group) is 1. The molecule has 0 aliphatic rings. The predicted octanol–water partition coefficient (Wildman–Crippen LogP) is 2.51. The fraction of sp³-hybridized carbons (Fsp3) is 0.278. The van der Waals surface area contributed by atoms with E-state index in [2.05, 4.69) is 0 Å². The molecule has 2 aromatic rings. The van der Waals surface area contributed by atoms with Crippen LogP contribution < -0.4 is 4.74 Å². The van der Waals surface area contributed by atoms with Gasteiger partial charge in [-0.2, -0.15) is 0 Å². The van der Waals surface area contributed by atoms with Gasteiger partial charge in [-0.25, -0.2) is 0 Å². The summed E-state index contributed by atoms with van der Waals surface area (Å²) in [5.74, 6) is -0.572. The van der Waals surface area contributed by atoms with Crippen molar-refractivity contribution in [2.45, 2.75) is 12.5 Å². The van der Waals surface area contributed by atoms with E-state index in [-0.39, 0.29) is 24.4 Å². The lowest BCUT2D eigenvalue weighted by Gasteiger charge is -2.24. The molecule has 0 amide bonds. The maximum absolute atomic E-state index is 11.6. The van der Waals surface area contributed by atoms with Gasteiger partial charge in [0.25, 0.3) is 11.4 Å². The lowest BCUT2D eigenvalue weighted by molar-refractivity contribution is -0.385. The molecule has 0 fully saturated rings. The van der Waals surface area contributed by atoms with E-state index in [1.165, 1.54) is 48.5 Å². The molecule has 2 rings (SSSR count). The highest BCUT2D eigenvalue weighted by atomic mass is 16.6. The molecule has 0 radical (unpaired) electrons. The van der Waals surface area contributed by atoms with Crippen LogP contribution in [0.15, 0.2) is 48.5 Å². The Labute approximate surface area is 160 Å². The Hall–Kier alpha value is -3.53. The molecule has 0 aliphatic heterocycles. The quantitative estimate of drug-likeness (QED) is 0.483. The van der Waals surface area contributed by atoms with Gasteiger partial charge in [0.15, 0.2) is 0 Å². The third-order valence-electron chi connectivity index (χ3n) is 4.15. The first-order chi connectivity index (χ1) is 13.3. The Morgan fingerprint density at radius 1 is 1.04 bits per heavy atom. The van der Waals surface area contributed by atoms with Crippen molar-refractivity contribution in [2.75, 3.05) is 20.2 Å².